The number of carbonyl (C=O) groups excluding carboxylic acids is 1. The highest BCUT2D eigenvalue weighted by Gasteiger charge is 2.53. The molecule has 0 amide bonds. The summed E-state index contributed by atoms with van der Waals surface area (Å²) in [4.78, 5) is 31.7. The molecule has 1 saturated heterocycles. The lowest BCUT2D eigenvalue weighted by Crippen LogP contribution is -2.61. The van der Waals surface area contributed by atoms with Crippen LogP contribution in [0.15, 0.2) is 41.2 Å². The van der Waals surface area contributed by atoms with E-state index in [4.69, 9.17) is 19.2 Å². The lowest BCUT2D eigenvalue weighted by Gasteiger charge is -2.44. The SMILES string of the molecule is CC[C@]1(O[C@H]2O[C@@H](CO)[C@H](O)[C@@H](O)[C@@H]2O)C(=O)OCc2c1cc1n(c2=O)Cc2cc3ccccc3nc2-1. The molecule has 0 aliphatic carbocycles. The van der Waals surface area contributed by atoms with Crippen molar-refractivity contribution < 1.29 is 39.4 Å². The number of ether oxygens (including phenoxy) is 3. The van der Waals surface area contributed by atoms with Crippen LogP contribution in [0, 0.1) is 0 Å². The summed E-state index contributed by atoms with van der Waals surface area (Å²) >= 11 is 0. The molecule has 0 unspecified atom stereocenters. The summed E-state index contributed by atoms with van der Waals surface area (Å²) in [5, 5.41) is 41.4. The van der Waals surface area contributed by atoms with E-state index >= 15 is 0 Å². The highest BCUT2D eigenvalue weighted by molar-refractivity contribution is 5.86. The van der Waals surface area contributed by atoms with Crippen LogP contribution in [0.1, 0.15) is 30.0 Å². The Hall–Kier alpha value is -3.19. The number of para-hydroxylation sites is 1. The average molecular weight is 510 g/mol. The van der Waals surface area contributed by atoms with Gasteiger partial charge in [0.15, 0.2) is 11.9 Å². The molecule has 11 heteroatoms. The Labute approximate surface area is 210 Å². The molecule has 194 valence electrons. The van der Waals surface area contributed by atoms with Gasteiger partial charge in [0, 0.05) is 16.5 Å². The van der Waals surface area contributed by atoms with Crippen molar-refractivity contribution in [2.45, 2.75) is 62.8 Å². The fourth-order valence-electron chi connectivity index (χ4n) is 5.47. The highest BCUT2D eigenvalue weighted by Crippen LogP contribution is 2.42. The molecule has 0 bridgehead atoms. The molecular weight excluding hydrogens is 484 g/mol. The van der Waals surface area contributed by atoms with E-state index < -0.39 is 48.9 Å². The largest absolute Gasteiger partial charge is 0.458 e. The lowest BCUT2D eigenvalue weighted by molar-refractivity contribution is -0.328. The van der Waals surface area contributed by atoms with Crippen LogP contribution >= 0.6 is 0 Å². The molecule has 1 aromatic carbocycles. The maximum absolute atomic E-state index is 13.6. The molecule has 5 heterocycles. The summed E-state index contributed by atoms with van der Waals surface area (Å²) in [5.74, 6) is -0.784. The third-order valence-electron chi connectivity index (χ3n) is 7.55. The lowest BCUT2D eigenvalue weighted by atomic mass is 9.85. The van der Waals surface area contributed by atoms with Crippen molar-refractivity contribution in [2.75, 3.05) is 6.61 Å². The second-order valence-corrected chi connectivity index (χ2v) is 9.57. The van der Waals surface area contributed by atoms with Crippen molar-refractivity contribution >= 4 is 16.9 Å². The predicted octanol–water partition coefficient (Wildman–Crippen LogP) is -0.0962. The van der Waals surface area contributed by atoms with E-state index in [1.54, 1.807) is 17.6 Å². The quantitative estimate of drug-likeness (QED) is 0.273. The van der Waals surface area contributed by atoms with E-state index in [1.807, 2.05) is 30.3 Å². The van der Waals surface area contributed by atoms with Gasteiger partial charge in [-0.25, -0.2) is 9.78 Å². The zero-order chi connectivity index (χ0) is 26.1. The summed E-state index contributed by atoms with van der Waals surface area (Å²) in [6.07, 6.45) is -7.84. The minimum Gasteiger partial charge on any atom is -0.458 e. The number of nitrogens with zero attached hydrogens (tertiary/aromatic N) is 2. The van der Waals surface area contributed by atoms with Gasteiger partial charge in [-0.05, 0) is 24.6 Å². The Morgan fingerprint density at radius 2 is 1.92 bits per heavy atom. The molecular formula is C26H26N2O9. The van der Waals surface area contributed by atoms with Crippen LogP contribution in [-0.4, -0.2) is 73.3 Å². The number of benzene rings is 1. The van der Waals surface area contributed by atoms with Crippen LogP contribution < -0.4 is 5.56 Å². The van der Waals surface area contributed by atoms with E-state index in [0.29, 0.717) is 17.9 Å². The number of esters is 1. The second-order valence-electron chi connectivity index (χ2n) is 9.57. The standard InChI is InChI=1S/C26H26N2O9/c1-2-26(37-24-22(32)21(31)20(30)18(10-29)36-24)15-8-17-19-13(7-12-5-3-4-6-16(12)27-19)9-28(17)23(33)14(15)11-35-25(26)34/h3-8,18,20-22,24,29-32H,2,9-11H2,1H3/t18-,20-,21+,22-,24+,26+/m0/s1. The molecule has 3 aliphatic rings. The summed E-state index contributed by atoms with van der Waals surface area (Å²) in [7, 11) is 0. The van der Waals surface area contributed by atoms with Crippen molar-refractivity contribution in [3.8, 4) is 11.4 Å². The minimum absolute atomic E-state index is 0.00868. The fraction of sp³-hybridized carbons (Fsp3) is 0.423. The normalized spacial score (nSPS) is 30.5. The van der Waals surface area contributed by atoms with Gasteiger partial charge in [-0.15, -0.1) is 0 Å². The maximum atomic E-state index is 13.6. The first-order valence-corrected chi connectivity index (χ1v) is 12.1. The molecule has 0 radical (unpaired) electrons. The van der Waals surface area contributed by atoms with Crippen molar-refractivity contribution in [2.24, 2.45) is 0 Å². The van der Waals surface area contributed by atoms with E-state index in [1.165, 1.54) is 0 Å². The third-order valence-corrected chi connectivity index (χ3v) is 7.55. The summed E-state index contributed by atoms with van der Waals surface area (Å²) in [6.45, 7) is 1.06. The Kier molecular flexibility index (Phi) is 5.68. The topological polar surface area (TPSA) is 161 Å². The molecule has 37 heavy (non-hydrogen) atoms. The van der Waals surface area contributed by atoms with E-state index in [2.05, 4.69) is 0 Å². The molecule has 6 rings (SSSR count). The molecule has 4 N–H and O–H groups in total. The molecule has 11 nitrogen and oxygen atoms in total. The number of cyclic esters (lactones) is 1. The Morgan fingerprint density at radius 1 is 1.14 bits per heavy atom. The van der Waals surface area contributed by atoms with Gasteiger partial charge in [0.25, 0.3) is 5.56 Å². The number of pyridine rings is 2. The van der Waals surface area contributed by atoms with Crippen LogP contribution in [0.3, 0.4) is 0 Å². The first-order chi connectivity index (χ1) is 17.8. The molecule has 0 spiro atoms. The van der Waals surface area contributed by atoms with Gasteiger partial charge in [0.2, 0.25) is 0 Å². The van der Waals surface area contributed by atoms with Gasteiger partial charge in [-0.2, -0.15) is 0 Å². The fourth-order valence-corrected chi connectivity index (χ4v) is 5.47. The van der Waals surface area contributed by atoms with Gasteiger partial charge in [0.05, 0.1) is 35.6 Å². The van der Waals surface area contributed by atoms with Crippen molar-refractivity contribution in [1.82, 2.24) is 9.55 Å². The minimum atomic E-state index is -1.85. The summed E-state index contributed by atoms with van der Waals surface area (Å²) in [5.41, 5.74) is 1.06. The van der Waals surface area contributed by atoms with Crippen LogP contribution in [0.5, 0.6) is 0 Å². The Balaban J connectivity index is 1.49. The number of fused-ring (bicyclic) bond motifs is 5. The molecule has 6 atom stereocenters. The first-order valence-electron chi connectivity index (χ1n) is 12.1. The summed E-state index contributed by atoms with van der Waals surface area (Å²) in [6, 6.07) is 11.3. The highest BCUT2D eigenvalue weighted by atomic mass is 16.7. The average Bonchev–Trinajstić information content (AvgIpc) is 3.27. The zero-order valence-electron chi connectivity index (χ0n) is 19.9. The summed E-state index contributed by atoms with van der Waals surface area (Å²) < 4.78 is 18.5. The van der Waals surface area contributed by atoms with Crippen LogP contribution in [-0.2, 0) is 37.8 Å². The van der Waals surface area contributed by atoms with E-state index in [9.17, 15) is 30.0 Å². The van der Waals surface area contributed by atoms with Crippen LogP contribution in [0.25, 0.3) is 22.3 Å². The molecule has 2 aromatic heterocycles. The van der Waals surface area contributed by atoms with E-state index in [-0.39, 0.29) is 29.7 Å². The van der Waals surface area contributed by atoms with Crippen LogP contribution in [0.4, 0.5) is 0 Å². The number of aliphatic hydroxyl groups excluding tert-OH is 4. The second kappa shape index (κ2) is 8.69. The van der Waals surface area contributed by atoms with Gasteiger partial charge in [-0.3, -0.25) is 4.79 Å². The van der Waals surface area contributed by atoms with E-state index in [0.717, 1.165) is 16.5 Å². The number of aliphatic hydroxyl groups is 4. The molecule has 1 fully saturated rings. The first kappa shape index (κ1) is 24.2. The van der Waals surface area contributed by atoms with Gasteiger partial charge >= 0.3 is 5.97 Å². The molecule has 0 saturated carbocycles. The Bertz CT molecular complexity index is 1470. The molecule has 3 aliphatic heterocycles. The van der Waals surface area contributed by atoms with Crippen LogP contribution in [0.2, 0.25) is 0 Å². The number of hydrogen-bond donors (Lipinski definition) is 4. The zero-order valence-corrected chi connectivity index (χ0v) is 19.9. The number of aromatic nitrogens is 2. The number of hydrogen-bond acceptors (Lipinski definition) is 10. The van der Waals surface area contributed by atoms with Crippen molar-refractivity contribution in [3.63, 3.8) is 0 Å². The number of carbonyl (C=O) groups is 1. The smallest absolute Gasteiger partial charge is 0.343 e. The third kappa shape index (κ3) is 3.46. The predicted molar refractivity (Wildman–Crippen MR) is 127 cm³/mol. The van der Waals surface area contributed by atoms with Crippen molar-refractivity contribution in [1.29, 1.82) is 0 Å². The van der Waals surface area contributed by atoms with Gasteiger partial charge in [-0.1, -0.05) is 25.1 Å². The van der Waals surface area contributed by atoms with Gasteiger partial charge in [0.1, 0.15) is 31.0 Å². The van der Waals surface area contributed by atoms with Gasteiger partial charge < -0.3 is 39.2 Å². The molecule has 3 aromatic rings. The number of rotatable bonds is 4. The monoisotopic (exact) mass is 510 g/mol. The van der Waals surface area contributed by atoms with Crippen molar-refractivity contribution in [3.05, 3.63) is 63.4 Å². The Morgan fingerprint density at radius 3 is 2.68 bits per heavy atom. The maximum Gasteiger partial charge on any atom is 0.343 e.